The monoisotopic (exact) mass is 170 g/mol. The lowest BCUT2D eigenvalue weighted by atomic mass is 10.1. The highest BCUT2D eigenvalue weighted by Gasteiger charge is 2.18. The average molecular weight is 170 g/mol. The molecule has 0 radical (unpaired) electrons. The van der Waals surface area contributed by atoms with Gasteiger partial charge < -0.3 is 10.5 Å². The van der Waals surface area contributed by atoms with Gasteiger partial charge in [0.15, 0.2) is 0 Å². The molecule has 1 aliphatic heterocycles. The fourth-order valence-electron chi connectivity index (χ4n) is 1.42. The molecule has 0 aliphatic carbocycles. The number of hydrogen-bond acceptors (Lipinski definition) is 2. The van der Waals surface area contributed by atoms with Gasteiger partial charge in [-0.25, -0.2) is 0 Å². The average Bonchev–Trinajstić information content (AvgIpc) is 2.04. The molecule has 0 amide bonds. The molecule has 1 rings (SSSR count). The molecule has 3 heteroatoms. The van der Waals surface area contributed by atoms with Crippen LogP contribution < -0.4 is 5.73 Å². The summed E-state index contributed by atoms with van der Waals surface area (Å²) in [6.07, 6.45) is 3.23. The summed E-state index contributed by atoms with van der Waals surface area (Å²) in [4.78, 5) is 4.42. The summed E-state index contributed by atoms with van der Waals surface area (Å²) >= 11 is 0. The Labute approximate surface area is 74.0 Å². The van der Waals surface area contributed by atoms with E-state index in [-0.39, 0.29) is 0 Å². The number of hydrogen-bond donors (Lipinski definition) is 1. The number of rotatable bonds is 2. The van der Waals surface area contributed by atoms with Crippen molar-refractivity contribution in [3.8, 4) is 0 Å². The predicted octanol–water partition coefficient (Wildman–Crippen LogP) is 1.32. The molecule has 1 saturated heterocycles. The van der Waals surface area contributed by atoms with Crippen LogP contribution in [-0.4, -0.2) is 24.6 Å². The fraction of sp³-hybridized carbons (Fsp3) is 0.889. The molecule has 0 bridgehead atoms. The SMILES string of the molecule is CCC(N)=NC1CCOC(C)C1. The first-order chi connectivity index (χ1) is 5.72. The van der Waals surface area contributed by atoms with Crippen molar-refractivity contribution in [2.45, 2.75) is 45.3 Å². The number of aliphatic imine (C=N–C) groups is 1. The number of nitrogens with zero attached hydrogens (tertiary/aromatic N) is 1. The third kappa shape index (κ3) is 2.81. The van der Waals surface area contributed by atoms with Crippen molar-refractivity contribution >= 4 is 5.84 Å². The summed E-state index contributed by atoms with van der Waals surface area (Å²) in [7, 11) is 0. The molecular weight excluding hydrogens is 152 g/mol. The van der Waals surface area contributed by atoms with Crippen LogP contribution >= 0.6 is 0 Å². The van der Waals surface area contributed by atoms with Crippen LogP contribution in [0.4, 0.5) is 0 Å². The molecular formula is C9H18N2O. The maximum absolute atomic E-state index is 5.66. The lowest BCUT2D eigenvalue weighted by Crippen LogP contribution is -2.27. The van der Waals surface area contributed by atoms with E-state index < -0.39 is 0 Å². The summed E-state index contributed by atoms with van der Waals surface area (Å²) in [5, 5.41) is 0. The zero-order valence-corrected chi connectivity index (χ0v) is 7.92. The van der Waals surface area contributed by atoms with Gasteiger partial charge in [0.25, 0.3) is 0 Å². The topological polar surface area (TPSA) is 47.6 Å². The second-order valence-electron chi connectivity index (χ2n) is 3.33. The van der Waals surface area contributed by atoms with E-state index in [1.165, 1.54) is 0 Å². The van der Waals surface area contributed by atoms with Gasteiger partial charge in [-0.05, 0) is 19.8 Å². The first-order valence-corrected chi connectivity index (χ1v) is 4.66. The Kier molecular flexibility index (Phi) is 3.53. The maximum Gasteiger partial charge on any atom is 0.0937 e. The molecule has 0 aromatic heterocycles. The lowest BCUT2D eigenvalue weighted by molar-refractivity contribution is 0.0204. The van der Waals surface area contributed by atoms with Crippen molar-refractivity contribution in [1.82, 2.24) is 0 Å². The van der Waals surface area contributed by atoms with Crippen LogP contribution in [-0.2, 0) is 4.74 Å². The van der Waals surface area contributed by atoms with Crippen LogP contribution in [0.2, 0.25) is 0 Å². The quantitative estimate of drug-likeness (QED) is 0.502. The third-order valence-corrected chi connectivity index (χ3v) is 2.17. The molecule has 3 nitrogen and oxygen atoms in total. The molecule has 1 aliphatic rings. The van der Waals surface area contributed by atoms with Crippen molar-refractivity contribution < 1.29 is 4.74 Å². The second-order valence-corrected chi connectivity index (χ2v) is 3.33. The zero-order valence-electron chi connectivity index (χ0n) is 7.92. The summed E-state index contributed by atoms with van der Waals surface area (Å²) in [5.74, 6) is 0.772. The van der Waals surface area contributed by atoms with Crippen LogP contribution in [0.15, 0.2) is 4.99 Å². The van der Waals surface area contributed by atoms with E-state index in [2.05, 4.69) is 11.9 Å². The molecule has 1 fully saturated rings. The Morgan fingerprint density at radius 3 is 3.00 bits per heavy atom. The van der Waals surface area contributed by atoms with Crippen LogP contribution in [0.1, 0.15) is 33.1 Å². The molecule has 0 saturated carbocycles. The van der Waals surface area contributed by atoms with Gasteiger partial charge in [-0.15, -0.1) is 0 Å². The van der Waals surface area contributed by atoms with Crippen molar-refractivity contribution in [3.05, 3.63) is 0 Å². The van der Waals surface area contributed by atoms with Gasteiger partial charge >= 0.3 is 0 Å². The fourth-order valence-corrected chi connectivity index (χ4v) is 1.42. The smallest absolute Gasteiger partial charge is 0.0937 e. The molecule has 1 heterocycles. The van der Waals surface area contributed by atoms with E-state index in [9.17, 15) is 0 Å². The van der Waals surface area contributed by atoms with Crippen LogP contribution in [0.3, 0.4) is 0 Å². The standard InChI is InChI=1S/C9H18N2O/c1-3-9(10)11-8-4-5-12-7(2)6-8/h7-8H,3-6H2,1-2H3,(H2,10,11). The van der Waals surface area contributed by atoms with Crippen molar-refractivity contribution in [2.75, 3.05) is 6.61 Å². The van der Waals surface area contributed by atoms with Gasteiger partial charge in [0.1, 0.15) is 0 Å². The highest BCUT2D eigenvalue weighted by molar-refractivity contribution is 5.80. The minimum absolute atomic E-state index is 0.345. The minimum atomic E-state index is 0.345. The van der Waals surface area contributed by atoms with Gasteiger partial charge in [0, 0.05) is 13.0 Å². The van der Waals surface area contributed by atoms with Gasteiger partial charge in [-0.2, -0.15) is 0 Å². The molecule has 2 N–H and O–H groups in total. The lowest BCUT2D eigenvalue weighted by Gasteiger charge is -2.24. The first kappa shape index (κ1) is 9.52. The van der Waals surface area contributed by atoms with Gasteiger partial charge in [0.2, 0.25) is 0 Å². The van der Waals surface area contributed by atoms with E-state index in [4.69, 9.17) is 10.5 Å². The van der Waals surface area contributed by atoms with Crippen LogP contribution in [0.5, 0.6) is 0 Å². The largest absolute Gasteiger partial charge is 0.387 e. The molecule has 12 heavy (non-hydrogen) atoms. The zero-order chi connectivity index (χ0) is 8.97. The van der Waals surface area contributed by atoms with E-state index in [0.717, 1.165) is 31.7 Å². The maximum atomic E-state index is 5.66. The summed E-state index contributed by atoms with van der Waals surface area (Å²) in [6.45, 7) is 4.94. The second kappa shape index (κ2) is 4.45. The molecule has 0 aromatic rings. The Balaban J connectivity index is 2.41. The van der Waals surface area contributed by atoms with E-state index in [1.54, 1.807) is 0 Å². The van der Waals surface area contributed by atoms with Gasteiger partial charge in [0.05, 0.1) is 18.0 Å². The number of ether oxygens (including phenoxy) is 1. The Morgan fingerprint density at radius 2 is 2.42 bits per heavy atom. The summed E-state index contributed by atoms with van der Waals surface area (Å²) in [5.41, 5.74) is 5.66. The van der Waals surface area contributed by atoms with Gasteiger partial charge in [-0.1, -0.05) is 6.92 Å². The normalized spacial score (nSPS) is 32.0. The number of nitrogens with two attached hydrogens (primary N) is 1. The summed E-state index contributed by atoms with van der Waals surface area (Å²) < 4.78 is 5.41. The Bertz CT molecular complexity index is 168. The number of amidine groups is 1. The molecule has 2 atom stereocenters. The predicted molar refractivity (Wildman–Crippen MR) is 50.3 cm³/mol. The van der Waals surface area contributed by atoms with Crippen molar-refractivity contribution in [3.63, 3.8) is 0 Å². The Hall–Kier alpha value is -0.570. The molecule has 0 spiro atoms. The molecule has 70 valence electrons. The van der Waals surface area contributed by atoms with Crippen LogP contribution in [0.25, 0.3) is 0 Å². The van der Waals surface area contributed by atoms with E-state index >= 15 is 0 Å². The van der Waals surface area contributed by atoms with Gasteiger partial charge in [-0.3, -0.25) is 4.99 Å². The Morgan fingerprint density at radius 1 is 1.67 bits per heavy atom. The highest BCUT2D eigenvalue weighted by atomic mass is 16.5. The minimum Gasteiger partial charge on any atom is -0.387 e. The third-order valence-electron chi connectivity index (χ3n) is 2.17. The van der Waals surface area contributed by atoms with Crippen LogP contribution in [0, 0.1) is 0 Å². The highest BCUT2D eigenvalue weighted by Crippen LogP contribution is 2.16. The van der Waals surface area contributed by atoms with E-state index in [1.807, 2.05) is 6.92 Å². The van der Waals surface area contributed by atoms with E-state index in [0.29, 0.717) is 12.1 Å². The first-order valence-electron chi connectivity index (χ1n) is 4.66. The summed E-state index contributed by atoms with van der Waals surface area (Å²) in [6, 6.07) is 0.397. The van der Waals surface area contributed by atoms with Crippen molar-refractivity contribution in [2.24, 2.45) is 10.7 Å². The molecule has 2 unspecified atom stereocenters. The molecule has 0 aromatic carbocycles. The van der Waals surface area contributed by atoms with Crippen molar-refractivity contribution in [1.29, 1.82) is 0 Å².